The van der Waals surface area contributed by atoms with Crippen LogP contribution in [0.15, 0.2) is 0 Å². The molecule has 0 N–H and O–H groups in total. The number of aromatic nitrogens is 3. The van der Waals surface area contributed by atoms with E-state index < -0.39 is 0 Å². The smallest absolute Gasteiger partial charge is 0.322 e. The zero-order valence-electron chi connectivity index (χ0n) is 14.2. The van der Waals surface area contributed by atoms with Gasteiger partial charge in [0.25, 0.3) is 0 Å². The predicted molar refractivity (Wildman–Crippen MR) is 89.3 cm³/mol. The Labute approximate surface area is 138 Å². The summed E-state index contributed by atoms with van der Waals surface area (Å²) in [7, 11) is 3.63. The molecule has 2 aliphatic heterocycles. The van der Waals surface area contributed by atoms with Gasteiger partial charge in [0, 0.05) is 39.2 Å². The van der Waals surface area contributed by atoms with Gasteiger partial charge in [-0.1, -0.05) is 12.8 Å². The minimum atomic E-state index is 0.392. The Balaban J connectivity index is 1.77. The lowest BCUT2D eigenvalue weighted by molar-refractivity contribution is 0.186. The average molecular weight is 321 g/mol. The topological polar surface area (TPSA) is 63.6 Å². The fourth-order valence-electron chi connectivity index (χ4n) is 3.21. The molecule has 0 bridgehead atoms. The van der Waals surface area contributed by atoms with Crippen LogP contribution >= 0.6 is 0 Å². The highest BCUT2D eigenvalue weighted by Gasteiger charge is 2.21. The first kappa shape index (κ1) is 16.2. The quantitative estimate of drug-likeness (QED) is 0.818. The number of nitrogens with zero attached hydrogens (tertiary/aromatic N) is 5. The first-order valence-corrected chi connectivity index (χ1v) is 8.60. The van der Waals surface area contributed by atoms with Gasteiger partial charge in [-0.05, 0) is 19.3 Å². The molecule has 0 amide bonds. The highest BCUT2D eigenvalue weighted by atomic mass is 16.5. The molecule has 1 atom stereocenters. The third-order valence-electron chi connectivity index (χ3n) is 4.56. The first-order valence-electron chi connectivity index (χ1n) is 8.60. The molecule has 3 heterocycles. The van der Waals surface area contributed by atoms with Crippen molar-refractivity contribution in [1.82, 2.24) is 15.0 Å². The van der Waals surface area contributed by atoms with Gasteiger partial charge in [-0.15, -0.1) is 0 Å². The van der Waals surface area contributed by atoms with Crippen LogP contribution in [-0.2, 0) is 4.74 Å². The van der Waals surface area contributed by atoms with E-state index in [1.807, 2.05) is 7.05 Å². The Bertz CT molecular complexity index is 499. The summed E-state index contributed by atoms with van der Waals surface area (Å²) in [6.07, 6.45) is 6.06. The van der Waals surface area contributed by atoms with Gasteiger partial charge < -0.3 is 19.3 Å². The maximum atomic E-state index is 5.46. The molecule has 0 unspecified atom stereocenters. The minimum Gasteiger partial charge on any atom is -0.467 e. The second-order valence-corrected chi connectivity index (χ2v) is 6.43. The molecular weight excluding hydrogens is 294 g/mol. The molecule has 2 aliphatic rings. The lowest BCUT2D eigenvalue weighted by atomic mass is 10.1. The zero-order valence-corrected chi connectivity index (χ0v) is 14.2. The third kappa shape index (κ3) is 4.22. The summed E-state index contributed by atoms with van der Waals surface area (Å²) in [6, 6.07) is 0.392. The fraction of sp³-hybridized carbons (Fsp3) is 0.812. The molecule has 0 saturated carbocycles. The van der Waals surface area contributed by atoms with Gasteiger partial charge in [0.15, 0.2) is 0 Å². The van der Waals surface area contributed by atoms with E-state index in [-0.39, 0.29) is 0 Å². The molecule has 2 saturated heterocycles. The second-order valence-electron chi connectivity index (χ2n) is 6.43. The number of ether oxygens (including phenoxy) is 2. The Kier molecular flexibility index (Phi) is 5.48. The van der Waals surface area contributed by atoms with Crippen LogP contribution in [0.4, 0.5) is 11.9 Å². The summed E-state index contributed by atoms with van der Waals surface area (Å²) in [5, 5.41) is 0. The van der Waals surface area contributed by atoms with Crippen LogP contribution in [0.3, 0.4) is 0 Å². The van der Waals surface area contributed by atoms with E-state index in [1.165, 1.54) is 25.7 Å². The van der Waals surface area contributed by atoms with Crippen LogP contribution in [0, 0.1) is 5.92 Å². The van der Waals surface area contributed by atoms with Crippen LogP contribution in [-0.4, -0.2) is 62.0 Å². The van der Waals surface area contributed by atoms with Gasteiger partial charge in [0.05, 0.1) is 13.7 Å². The van der Waals surface area contributed by atoms with Gasteiger partial charge in [0.1, 0.15) is 0 Å². The predicted octanol–water partition coefficient (Wildman–Crippen LogP) is 1.73. The Morgan fingerprint density at radius 3 is 2.61 bits per heavy atom. The molecule has 2 fully saturated rings. The summed E-state index contributed by atoms with van der Waals surface area (Å²) < 4.78 is 10.8. The van der Waals surface area contributed by atoms with Gasteiger partial charge in [0.2, 0.25) is 11.9 Å². The summed E-state index contributed by atoms with van der Waals surface area (Å²) in [5.41, 5.74) is 0. The summed E-state index contributed by atoms with van der Waals surface area (Å²) in [5.74, 6) is 1.97. The van der Waals surface area contributed by atoms with Crippen LogP contribution in [0.5, 0.6) is 6.01 Å². The molecule has 128 valence electrons. The van der Waals surface area contributed by atoms with Gasteiger partial charge in [-0.2, -0.15) is 15.0 Å². The van der Waals surface area contributed by atoms with Crippen molar-refractivity contribution in [2.24, 2.45) is 5.92 Å². The lowest BCUT2D eigenvalue weighted by Gasteiger charge is -2.24. The van der Waals surface area contributed by atoms with Crippen molar-refractivity contribution >= 4 is 11.9 Å². The molecule has 1 aromatic rings. The van der Waals surface area contributed by atoms with E-state index in [0.717, 1.165) is 45.2 Å². The van der Waals surface area contributed by atoms with E-state index in [0.29, 0.717) is 17.9 Å². The summed E-state index contributed by atoms with van der Waals surface area (Å²) in [6.45, 7) is 4.59. The fourth-order valence-corrected chi connectivity index (χ4v) is 3.21. The molecule has 23 heavy (non-hydrogen) atoms. The number of methoxy groups -OCH3 is 1. The molecule has 7 nitrogen and oxygen atoms in total. The summed E-state index contributed by atoms with van der Waals surface area (Å²) >= 11 is 0. The standard InChI is InChI=1S/C16H27N5O2/c1-20(11-13-7-10-23-12-13)14-17-15(19-16(18-14)22-2)21-8-5-3-4-6-9-21/h13H,3-12H2,1-2H3/t13-/m1/s1. The maximum Gasteiger partial charge on any atom is 0.322 e. The van der Waals surface area contributed by atoms with Crippen molar-refractivity contribution in [3.8, 4) is 6.01 Å². The second kappa shape index (κ2) is 7.77. The minimum absolute atomic E-state index is 0.392. The van der Waals surface area contributed by atoms with E-state index >= 15 is 0 Å². The maximum absolute atomic E-state index is 5.46. The van der Waals surface area contributed by atoms with Gasteiger partial charge >= 0.3 is 6.01 Å². The van der Waals surface area contributed by atoms with Crippen molar-refractivity contribution in [2.45, 2.75) is 32.1 Å². The monoisotopic (exact) mass is 321 g/mol. The number of hydrogen-bond acceptors (Lipinski definition) is 7. The van der Waals surface area contributed by atoms with Crippen molar-refractivity contribution in [2.75, 3.05) is 56.8 Å². The highest BCUT2D eigenvalue weighted by molar-refractivity contribution is 5.40. The molecule has 7 heteroatoms. The van der Waals surface area contributed by atoms with Crippen LogP contribution < -0.4 is 14.5 Å². The molecular formula is C16H27N5O2. The molecule has 3 rings (SSSR count). The molecule has 0 aliphatic carbocycles. The number of anilines is 2. The molecule has 0 aromatic carbocycles. The van der Waals surface area contributed by atoms with Crippen molar-refractivity contribution in [3.05, 3.63) is 0 Å². The Hall–Kier alpha value is -1.63. The molecule has 1 aromatic heterocycles. The lowest BCUT2D eigenvalue weighted by Crippen LogP contribution is -2.30. The number of hydrogen-bond donors (Lipinski definition) is 0. The van der Waals surface area contributed by atoms with Crippen molar-refractivity contribution in [1.29, 1.82) is 0 Å². The third-order valence-corrected chi connectivity index (χ3v) is 4.56. The van der Waals surface area contributed by atoms with Crippen molar-refractivity contribution in [3.63, 3.8) is 0 Å². The zero-order chi connectivity index (χ0) is 16.1. The van der Waals surface area contributed by atoms with E-state index in [9.17, 15) is 0 Å². The van der Waals surface area contributed by atoms with Crippen LogP contribution in [0.2, 0.25) is 0 Å². The van der Waals surface area contributed by atoms with E-state index in [4.69, 9.17) is 14.5 Å². The van der Waals surface area contributed by atoms with Crippen LogP contribution in [0.25, 0.3) is 0 Å². The van der Waals surface area contributed by atoms with Gasteiger partial charge in [-0.25, -0.2) is 0 Å². The molecule has 0 radical (unpaired) electrons. The van der Waals surface area contributed by atoms with Gasteiger partial charge in [-0.3, -0.25) is 0 Å². The SMILES string of the molecule is COc1nc(N(C)C[C@H]2CCOC2)nc(N2CCCCCC2)n1. The largest absolute Gasteiger partial charge is 0.467 e. The highest BCUT2D eigenvalue weighted by Crippen LogP contribution is 2.22. The average Bonchev–Trinajstić information content (AvgIpc) is 2.93. The Morgan fingerprint density at radius 2 is 1.96 bits per heavy atom. The van der Waals surface area contributed by atoms with E-state index in [1.54, 1.807) is 7.11 Å². The first-order chi connectivity index (χ1) is 11.3. The normalized spacial score (nSPS) is 22.0. The van der Waals surface area contributed by atoms with E-state index in [2.05, 4.69) is 19.8 Å². The van der Waals surface area contributed by atoms with Crippen LogP contribution in [0.1, 0.15) is 32.1 Å². The van der Waals surface area contributed by atoms with Crippen molar-refractivity contribution < 1.29 is 9.47 Å². The molecule has 0 spiro atoms. The number of rotatable bonds is 5. The summed E-state index contributed by atoms with van der Waals surface area (Å²) in [4.78, 5) is 17.9. The Morgan fingerprint density at radius 1 is 1.17 bits per heavy atom.